The first-order valence-electron chi connectivity index (χ1n) is 3.87. The summed E-state index contributed by atoms with van der Waals surface area (Å²) in [6.45, 7) is 3.91. The maximum atomic E-state index is 12.8. The Morgan fingerprint density at radius 2 is 2.18 bits per heavy atom. The number of hydrogen-bond acceptors (Lipinski definition) is 2. The fourth-order valence-corrected chi connectivity index (χ4v) is 1.24. The predicted octanol–water partition coefficient (Wildman–Crippen LogP) is 0.591. The number of nitrogens with one attached hydrogen (secondary N) is 2. The van der Waals surface area contributed by atoms with E-state index in [0.29, 0.717) is 6.54 Å². The average molecular weight is 164 g/mol. The van der Waals surface area contributed by atoms with Crippen molar-refractivity contribution in [1.82, 2.24) is 10.6 Å². The van der Waals surface area contributed by atoms with Gasteiger partial charge in [-0.1, -0.05) is 13.8 Å². The van der Waals surface area contributed by atoms with Crippen LogP contribution in [0.3, 0.4) is 0 Å². The molecule has 0 aromatic rings. The van der Waals surface area contributed by atoms with Crippen LogP contribution in [0.1, 0.15) is 13.8 Å². The third kappa shape index (κ3) is 2.10. The normalized spacial score (nSPS) is 29.7. The van der Waals surface area contributed by atoms with Gasteiger partial charge in [0.1, 0.15) is 0 Å². The summed E-state index contributed by atoms with van der Waals surface area (Å²) in [6, 6.07) is -0.576. The second-order valence-electron chi connectivity index (χ2n) is 3.27. The van der Waals surface area contributed by atoms with E-state index in [1.807, 2.05) is 13.8 Å². The molecule has 0 aromatic carbocycles. The van der Waals surface area contributed by atoms with E-state index >= 15 is 0 Å². The molecule has 1 rings (SSSR count). The highest BCUT2D eigenvalue weighted by molar-refractivity contribution is 4.93. The molecule has 1 fully saturated rings. The Morgan fingerprint density at radius 3 is 2.55 bits per heavy atom. The van der Waals surface area contributed by atoms with E-state index in [2.05, 4.69) is 10.6 Å². The lowest BCUT2D eigenvalue weighted by Gasteiger charge is -2.21. The summed E-state index contributed by atoms with van der Waals surface area (Å²) < 4.78 is 25.7. The third-order valence-electron chi connectivity index (χ3n) is 1.75. The summed E-state index contributed by atoms with van der Waals surface area (Å²) in [5.41, 5.74) is 0. The standard InChI is InChI=1S/C7H14F2N2/c1-5(2)11-6-3-10-4-7(6,8)9/h5-6,10-11H,3-4H2,1-2H3. The van der Waals surface area contributed by atoms with Crippen LogP contribution in [0.2, 0.25) is 0 Å². The van der Waals surface area contributed by atoms with Gasteiger partial charge in [-0.05, 0) is 0 Å². The van der Waals surface area contributed by atoms with Gasteiger partial charge in [-0.15, -0.1) is 0 Å². The van der Waals surface area contributed by atoms with Gasteiger partial charge in [0.2, 0.25) is 0 Å². The van der Waals surface area contributed by atoms with Crippen LogP contribution in [0.5, 0.6) is 0 Å². The molecule has 1 saturated heterocycles. The van der Waals surface area contributed by atoms with Crippen molar-refractivity contribution in [1.29, 1.82) is 0 Å². The molecule has 0 aromatic heterocycles. The Morgan fingerprint density at radius 1 is 1.55 bits per heavy atom. The van der Waals surface area contributed by atoms with Gasteiger partial charge in [0, 0.05) is 12.6 Å². The SMILES string of the molecule is CC(C)NC1CNCC1(F)F. The minimum atomic E-state index is -2.58. The highest BCUT2D eigenvalue weighted by Crippen LogP contribution is 2.21. The van der Waals surface area contributed by atoms with E-state index in [1.165, 1.54) is 0 Å². The van der Waals surface area contributed by atoms with Gasteiger partial charge in [-0.3, -0.25) is 0 Å². The van der Waals surface area contributed by atoms with Crippen molar-refractivity contribution in [2.24, 2.45) is 0 Å². The molecule has 1 aliphatic heterocycles. The lowest BCUT2D eigenvalue weighted by Crippen LogP contribution is -2.46. The maximum Gasteiger partial charge on any atom is 0.276 e. The fraction of sp³-hybridized carbons (Fsp3) is 1.00. The van der Waals surface area contributed by atoms with E-state index < -0.39 is 12.0 Å². The number of alkyl halides is 2. The number of rotatable bonds is 2. The predicted molar refractivity (Wildman–Crippen MR) is 39.9 cm³/mol. The molecule has 0 amide bonds. The molecule has 4 heteroatoms. The summed E-state index contributed by atoms with van der Waals surface area (Å²) >= 11 is 0. The minimum Gasteiger partial charge on any atom is -0.309 e. The van der Waals surface area contributed by atoms with Gasteiger partial charge in [-0.2, -0.15) is 0 Å². The average Bonchev–Trinajstić information content (AvgIpc) is 2.10. The maximum absolute atomic E-state index is 12.8. The van der Waals surface area contributed by atoms with Crippen LogP contribution < -0.4 is 10.6 Å². The van der Waals surface area contributed by atoms with Crippen molar-refractivity contribution in [2.75, 3.05) is 13.1 Å². The van der Waals surface area contributed by atoms with Crippen molar-refractivity contribution < 1.29 is 8.78 Å². The third-order valence-corrected chi connectivity index (χ3v) is 1.75. The second kappa shape index (κ2) is 3.03. The zero-order valence-electron chi connectivity index (χ0n) is 6.82. The molecule has 0 spiro atoms. The van der Waals surface area contributed by atoms with Crippen LogP contribution >= 0.6 is 0 Å². The summed E-state index contributed by atoms with van der Waals surface area (Å²) in [7, 11) is 0. The Hall–Kier alpha value is -0.220. The molecule has 2 nitrogen and oxygen atoms in total. The summed E-state index contributed by atoms with van der Waals surface area (Å²) in [5.74, 6) is -2.58. The van der Waals surface area contributed by atoms with E-state index in [-0.39, 0.29) is 12.6 Å². The minimum absolute atomic E-state index is 0.116. The van der Waals surface area contributed by atoms with Crippen LogP contribution in [0.4, 0.5) is 8.78 Å². The van der Waals surface area contributed by atoms with Gasteiger partial charge in [0.15, 0.2) is 0 Å². The van der Waals surface area contributed by atoms with E-state index in [9.17, 15) is 8.78 Å². The fourth-order valence-electron chi connectivity index (χ4n) is 1.24. The van der Waals surface area contributed by atoms with Crippen LogP contribution in [0.25, 0.3) is 0 Å². The zero-order chi connectivity index (χ0) is 8.48. The first-order chi connectivity index (χ1) is 5.02. The van der Waals surface area contributed by atoms with Crippen LogP contribution in [-0.4, -0.2) is 31.1 Å². The molecule has 2 N–H and O–H groups in total. The van der Waals surface area contributed by atoms with Crippen LogP contribution in [0, 0.1) is 0 Å². The quantitative estimate of drug-likeness (QED) is 0.624. The summed E-state index contributed by atoms with van der Waals surface area (Å²) in [5, 5.41) is 5.47. The Balaban J connectivity index is 2.45. The molecule has 1 unspecified atom stereocenters. The van der Waals surface area contributed by atoms with Crippen molar-refractivity contribution in [3.63, 3.8) is 0 Å². The highest BCUT2D eigenvalue weighted by atomic mass is 19.3. The topological polar surface area (TPSA) is 24.1 Å². The smallest absolute Gasteiger partial charge is 0.276 e. The van der Waals surface area contributed by atoms with Gasteiger partial charge in [-0.25, -0.2) is 8.78 Å². The van der Waals surface area contributed by atoms with E-state index in [4.69, 9.17) is 0 Å². The lowest BCUT2D eigenvalue weighted by atomic mass is 10.2. The van der Waals surface area contributed by atoms with E-state index in [1.54, 1.807) is 0 Å². The molecule has 0 bridgehead atoms. The van der Waals surface area contributed by atoms with E-state index in [0.717, 1.165) is 0 Å². The monoisotopic (exact) mass is 164 g/mol. The largest absolute Gasteiger partial charge is 0.309 e. The van der Waals surface area contributed by atoms with Crippen LogP contribution in [0.15, 0.2) is 0 Å². The molecule has 0 aliphatic carbocycles. The Bertz CT molecular complexity index is 136. The van der Waals surface area contributed by atoms with Crippen LogP contribution in [-0.2, 0) is 0 Å². The van der Waals surface area contributed by atoms with Crippen molar-refractivity contribution >= 4 is 0 Å². The van der Waals surface area contributed by atoms with Crippen molar-refractivity contribution in [2.45, 2.75) is 31.9 Å². The number of hydrogen-bond donors (Lipinski definition) is 2. The molecule has 0 radical (unpaired) electrons. The summed E-state index contributed by atoms with van der Waals surface area (Å²) in [6.07, 6.45) is 0. The second-order valence-corrected chi connectivity index (χ2v) is 3.27. The highest BCUT2D eigenvalue weighted by Gasteiger charge is 2.43. The first kappa shape index (κ1) is 8.87. The molecular weight excluding hydrogens is 150 g/mol. The molecule has 66 valence electrons. The van der Waals surface area contributed by atoms with Gasteiger partial charge in [0.25, 0.3) is 5.92 Å². The Labute approximate surface area is 65.4 Å². The van der Waals surface area contributed by atoms with Gasteiger partial charge >= 0.3 is 0 Å². The lowest BCUT2D eigenvalue weighted by molar-refractivity contribution is -0.00551. The molecule has 1 atom stereocenters. The molecular formula is C7H14F2N2. The zero-order valence-corrected chi connectivity index (χ0v) is 6.82. The number of halogens is 2. The Kier molecular flexibility index (Phi) is 2.44. The van der Waals surface area contributed by atoms with Crippen molar-refractivity contribution in [3.8, 4) is 0 Å². The first-order valence-corrected chi connectivity index (χ1v) is 3.87. The molecule has 0 saturated carbocycles. The van der Waals surface area contributed by atoms with Gasteiger partial charge in [0.05, 0.1) is 12.6 Å². The summed E-state index contributed by atoms with van der Waals surface area (Å²) in [4.78, 5) is 0. The molecule has 11 heavy (non-hydrogen) atoms. The van der Waals surface area contributed by atoms with Gasteiger partial charge < -0.3 is 10.6 Å². The molecule has 1 heterocycles. The molecule has 1 aliphatic rings. The van der Waals surface area contributed by atoms with Crippen molar-refractivity contribution in [3.05, 3.63) is 0 Å².